The van der Waals surface area contributed by atoms with Crippen LogP contribution in [0.4, 0.5) is 0 Å². The van der Waals surface area contributed by atoms with Crippen LogP contribution >= 0.6 is 11.3 Å². The first kappa shape index (κ1) is 15.1. The molecule has 1 aliphatic carbocycles. The number of carbonyl (C=O) groups excluding carboxylic acids is 1. The Bertz CT molecular complexity index is 651. The van der Waals surface area contributed by atoms with E-state index in [0.29, 0.717) is 0 Å². The Morgan fingerprint density at radius 3 is 2.82 bits per heavy atom. The lowest BCUT2D eigenvalue weighted by atomic mass is 10.1. The molecule has 1 heterocycles. The average molecular weight is 315 g/mol. The molecule has 0 unspecified atom stereocenters. The Hall–Kier alpha value is -1.81. The van der Waals surface area contributed by atoms with Crippen LogP contribution in [0.1, 0.15) is 42.3 Å². The molecule has 0 radical (unpaired) electrons. The van der Waals surface area contributed by atoms with Crippen molar-refractivity contribution >= 4 is 17.2 Å². The van der Waals surface area contributed by atoms with E-state index in [1.54, 1.807) is 18.3 Å². The lowest BCUT2D eigenvalue weighted by molar-refractivity contribution is -0.127. The fourth-order valence-electron chi connectivity index (χ4n) is 2.82. The molecule has 4 heteroatoms. The van der Waals surface area contributed by atoms with Crippen LogP contribution in [0, 0.1) is 0 Å². The van der Waals surface area contributed by atoms with Crippen molar-refractivity contribution in [3.05, 3.63) is 51.7 Å². The minimum absolute atomic E-state index is 0.0126. The monoisotopic (exact) mass is 315 g/mol. The lowest BCUT2D eigenvalue weighted by Gasteiger charge is -2.18. The number of benzene rings is 1. The van der Waals surface area contributed by atoms with E-state index < -0.39 is 6.10 Å². The normalized spacial score (nSPS) is 15.9. The third-order valence-corrected chi connectivity index (χ3v) is 5.14. The summed E-state index contributed by atoms with van der Waals surface area (Å²) in [6, 6.07) is 10.2. The van der Waals surface area contributed by atoms with Crippen LogP contribution in [0.15, 0.2) is 35.7 Å². The number of fused-ring (bicyclic) bond motifs is 1. The van der Waals surface area contributed by atoms with Crippen molar-refractivity contribution in [3.63, 3.8) is 0 Å². The first-order valence-corrected chi connectivity index (χ1v) is 8.63. The van der Waals surface area contributed by atoms with Gasteiger partial charge in [-0.25, -0.2) is 0 Å². The summed E-state index contributed by atoms with van der Waals surface area (Å²) >= 11 is 1.65. The third-order valence-electron chi connectivity index (χ3n) is 4.08. The second-order valence-corrected chi connectivity index (χ2v) is 6.77. The summed E-state index contributed by atoms with van der Waals surface area (Å²) in [6.07, 6.45) is 2.99. The van der Waals surface area contributed by atoms with Crippen molar-refractivity contribution in [2.75, 3.05) is 0 Å². The van der Waals surface area contributed by atoms with E-state index in [-0.39, 0.29) is 11.9 Å². The number of aryl methyl sites for hydroxylation is 2. The lowest BCUT2D eigenvalue weighted by Crippen LogP contribution is -2.37. The molecule has 116 valence electrons. The summed E-state index contributed by atoms with van der Waals surface area (Å²) in [5, 5.41) is 5.02. The summed E-state index contributed by atoms with van der Waals surface area (Å²) in [7, 11) is 0. The van der Waals surface area contributed by atoms with Gasteiger partial charge in [0.25, 0.3) is 5.91 Å². The van der Waals surface area contributed by atoms with E-state index >= 15 is 0 Å². The molecule has 3 nitrogen and oxygen atoms in total. The van der Waals surface area contributed by atoms with Gasteiger partial charge in [0.2, 0.25) is 0 Å². The fourth-order valence-corrected chi connectivity index (χ4v) is 3.55. The van der Waals surface area contributed by atoms with Gasteiger partial charge in [-0.15, -0.1) is 11.3 Å². The van der Waals surface area contributed by atoms with Crippen molar-refractivity contribution in [2.45, 2.75) is 45.3 Å². The summed E-state index contributed by atoms with van der Waals surface area (Å²) < 4.78 is 5.81. The highest BCUT2D eigenvalue weighted by Gasteiger charge is 2.19. The maximum Gasteiger partial charge on any atom is 0.261 e. The molecule has 0 bridgehead atoms. The predicted molar refractivity (Wildman–Crippen MR) is 89.4 cm³/mol. The van der Waals surface area contributed by atoms with Crippen molar-refractivity contribution in [1.29, 1.82) is 0 Å². The van der Waals surface area contributed by atoms with Crippen molar-refractivity contribution < 1.29 is 9.53 Å². The maximum atomic E-state index is 12.3. The van der Waals surface area contributed by atoms with Crippen LogP contribution in [-0.2, 0) is 17.6 Å². The van der Waals surface area contributed by atoms with Crippen LogP contribution in [0.25, 0.3) is 0 Å². The molecule has 1 amide bonds. The summed E-state index contributed by atoms with van der Waals surface area (Å²) in [6.45, 7) is 3.79. The molecule has 2 atom stereocenters. The third kappa shape index (κ3) is 3.33. The SMILES string of the molecule is C[C@H](NC(=O)[C@@H](C)Oc1ccc2c(c1)CCC2)c1cccs1. The van der Waals surface area contributed by atoms with Crippen molar-refractivity contribution in [3.8, 4) is 5.75 Å². The van der Waals surface area contributed by atoms with E-state index in [9.17, 15) is 4.79 Å². The highest BCUT2D eigenvalue weighted by Crippen LogP contribution is 2.26. The van der Waals surface area contributed by atoms with E-state index in [0.717, 1.165) is 23.5 Å². The highest BCUT2D eigenvalue weighted by molar-refractivity contribution is 7.10. The smallest absolute Gasteiger partial charge is 0.261 e. The van der Waals surface area contributed by atoms with Crippen LogP contribution in [0.5, 0.6) is 5.75 Å². The van der Waals surface area contributed by atoms with Crippen molar-refractivity contribution in [1.82, 2.24) is 5.32 Å². The first-order chi connectivity index (χ1) is 10.6. The second kappa shape index (κ2) is 6.53. The molecule has 0 saturated carbocycles. The number of ether oxygens (including phenoxy) is 1. The summed E-state index contributed by atoms with van der Waals surface area (Å²) in [5.41, 5.74) is 2.77. The Labute approximate surface area is 135 Å². The zero-order chi connectivity index (χ0) is 15.5. The largest absolute Gasteiger partial charge is 0.481 e. The zero-order valence-electron chi connectivity index (χ0n) is 13.0. The number of amides is 1. The average Bonchev–Trinajstić information content (AvgIpc) is 3.18. The number of rotatable bonds is 5. The van der Waals surface area contributed by atoms with Gasteiger partial charge in [0.05, 0.1) is 6.04 Å². The number of thiophene rings is 1. The van der Waals surface area contributed by atoms with Gasteiger partial charge in [-0.3, -0.25) is 4.79 Å². The van der Waals surface area contributed by atoms with E-state index in [2.05, 4.69) is 17.4 Å². The van der Waals surface area contributed by atoms with Crippen molar-refractivity contribution in [2.24, 2.45) is 0 Å². The summed E-state index contributed by atoms with van der Waals surface area (Å²) in [5.74, 6) is 0.702. The molecular weight excluding hydrogens is 294 g/mol. The molecule has 0 saturated heterocycles. The Balaban J connectivity index is 1.59. The van der Waals surface area contributed by atoms with Crippen LogP contribution < -0.4 is 10.1 Å². The van der Waals surface area contributed by atoms with Gasteiger partial charge in [0, 0.05) is 4.88 Å². The molecule has 3 rings (SSSR count). The molecule has 0 spiro atoms. The van der Waals surface area contributed by atoms with Crippen LogP contribution in [0.3, 0.4) is 0 Å². The van der Waals surface area contributed by atoms with Crippen LogP contribution in [0.2, 0.25) is 0 Å². The molecular formula is C18H21NO2S. The Morgan fingerprint density at radius 2 is 2.05 bits per heavy atom. The topological polar surface area (TPSA) is 38.3 Å². The number of carbonyl (C=O) groups is 1. The number of hydrogen-bond donors (Lipinski definition) is 1. The predicted octanol–water partition coefficient (Wildman–Crippen LogP) is 3.88. The Kier molecular flexibility index (Phi) is 4.48. The minimum atomic E-state index is -0.498. The molecule has 1 aromatic carbocycles. The molecule has 1 aromatic heterocycles. The molecule has 1 N–H and O–H groups in total. The second-order valence-electron chi connectivity index (χ2n) is 5.79. The zero-order valence-corrected chi connectivity index (χ0v) is 13.8. The van der Waals surface area contributed by atoms with E-state index in [1.165, 1.54) is 17.5 Å². The van der Waals surface area contributed by atoms with Gasteiger partial charge >= 0.3 is 0 Å². The maximum absolute atomic E-state index is 12.3. The minimum Gasteiger partial charge on any atom is -0.481 e. The molecule has 22 heavy (non-hydrogen) atoms. The molecule has 0 fully saturated rings. The first-order valence-electron chi connectivity index (χ1n) is 7.75. The Morgan fingerprint density at radius 1 is 1.23 bits per heavy atom. The van der Waals surface area contributed by atoms with Crippen LogP contribution in [-0.4, -0.2) is 12.0 Å². The quantitative estimate of drug-likeness (QED) is 0.909. The number of nitrogens with one attached hydrogen (secondary N) is 1. The van der Waals surface area contributed by atoms with Gasteiger partial charge in [0.1, 0.15) is 5.75 Å². The van der Waals surface area contributed by atoms with Gasteiger partial charge < -0.3 is 10.1 Å². The van der Waals surface area contributed by atoms with Gasteiger partial charge in [-0.2, -0.15) is 0 Å². The van der Waals surface area contributed by atoms with E-state index in [1.807, 2.05) is 30.5 Å². The fraction of sp³-hybridized carbons (Fsp3) is 0.389. The molecule has 0 aliphatic heterocycles. The number of hydrogen-bond acceptors (Lipinski definition) is 3. The van der Waals surface area contributed by atoms with E-state index in [4.69, 9.17) is 4.74 Å². The van der Waals surface area contributed by atoms with Gasteiger partial charge in [-0.05, 0) is 67.8 Å². The van der Waals surface area contributed by atoms with Gasteiger partial charge in [-0.1, -0.05) is 12.1 Å². The summed E-state index contributed by atoms with van der Waals surface area (Å²) in [4.78, 5) is 13.4. The molecule has 2 aromatic rings. The van der Waals surface area contributed by atoms with Gasteiger partial charge in [0.15, 0.2) is 6.10 Å². The molecule has 1 aliphatic rings. The highest BCUT2D eigenvalue weighted by atomic mass is 32.1. The standard InChI is InChI=1S/C18H21NO2S/c1-12(17-7-4-10-22-17)19-18(20)13(2)21-16-9-8-14-5-3-6-15(14)11-16/h4,7-13H,3,5-6H2,1-2H3,(H,19,20)/t12-,13+/m0/s1.